The van der Waals surface area contributed by atoms with Gasteiger partial charge in [-0.1, -0.05) is 33.1 Å². The van der Waals surface area contributed by atoms with Crippen LogP contribution in [0.15, 0.2) is 0 Å². The van der Waals surface area contributed by atoms with Gasteiger partial charge in [-0.2, -0.15) is 0 Å². The van der Waals surface area contributed by atoms with Crippen LogP contribution in [0.5, 0.6) is 0 Å². The first-order valence-electron chi connectivity index (χ1n) is 6.62. The molecule has 0 saturated heterocycles. The van der Waals surface area contributed by atoms with Crippen LogP contribution in [0.3, 0.4) is 0 Å². The molecule has 1 aliphatic carbocycles. The van der Waals surface area contributed by atoms with Crippen molar-refractivity contribution in [3.8, 4) is 0 Å². The lowest BCUT2D eigenvalue weighted by molar-refractivity contribution is 0.0835. The molecule has 2 nitrogen and oxygen atoms in total. The normalized spacial score (nSPS) is 21.0. The van der Waals surface area contributed by atoms with E-state index in [4.69, 9.17) is 0 Å². The van der Waals surface area contributed by atoms with Gasteiger partial charge in [-0.15, -0.1) is 0 Å². The summed E-state index contributed by atoms with van der Waals surface area (Å²) in [5, 5.41) is 12.9. The highest BCUT2D eigenvalue weighted by atomic mass is 16.3. The van der Waals surface area contributed by atoms with Gasteiger partial charge in [0, 0.05) is 5.54 Å². The molecule has 0 aliphatic heterocycles. The minimum absolute atomic E-state index is 0.0969. The third-order valence-electron chi connectivity index (χ3n) is 3.92. The van der Waals surface area contributed by atoms with E-state index in [0.29, 0.717) is 6.61 Å². The van der Waals surface area contributed by atoms with Crippen LogP contribution in [0.2, 0.25) is 0 Å². The van der Waals surface area contributed by atoms with E-state index in [1.807, 2.05) is 0 Å². The fourth-order valence-corrected chi connectivity index (χ4v) is 2.30. The minimum Gasteiger partial charge on any atom is -0.394 e. The first kappa shape index (κ1) is 13.0. The monoisotopic (exact) mass is 213 g/mol. The van der Waals surface area contributed by atoms with E-state index in [0.717, 1.165) is 25.3 Å². The van der Waals surface area contributed by atoms with Crippen molar-refractivity contribution in [2.24, 2.45) is 5.92 Å². The molecule has 0 amide bonds. The van der Waals surface area contributed by atoms with E-state index in [9.17, 15) is 5.11 Å². The highest BCUT2D eigenvalue weighted by Crippen LogP contribution is 2.31. The zero-order chi connectivity index (χ0) is 11.1. The Morgan fingerprint density at radius 2 is 2.07 bits per heavy atom. The van der Waals surface area contributed by atoms with E-state index in [-0.39, 0.29) is 5.54 Å². The van der Waals surface area contributed by atoms with Crippen LogP contribution < -0.4 is 5.32 Å². The average molecular weight is 213 g/mol. The highest BCUT2D eigenvalue weighted by molar-refractivity contribution is 4.95. The zero-order valence-electron chi connectivity index (χ0n) is 10.4. The molecule has 1 fully saturated rings. The number of rotatable bonds is 8. The van der Waals surface area contributed by atoms with Crippen molar-refractivity contribution in [1.82, 2.24) is 5.32 Å². The molecule has 1 saturated carbocycles. The van der Waals surface area contributed by atoms with Crippen molar-refractivity contribution in [1.29, 1.82) is 0 Å². The van der Waals surface area contributed by atoms with Crippen molar-refractivity contribution in [2.75, 3.05) is 13.2 Å². The molecule has 1 rings (SSSR count). The van der Waals surface area contributed by atoms with Gasteiger partial charge in [0.05, 0.1) is 6.61 Å². The smallest absolute Gasteiger partial charge is 0.0613 e. The molecule has 90 valence electrons. The maximum Gasteiger partial charge on any atom is 0.0613 e. The maximum absolute atomic E-state index is 9.34. The quantitative estimate of drug-likeness (QED) is 0.650. The van der Waals surface area contributed by atoms with Gasteiger partial charge in [0.1, 0.15) is 0 Å². The molecule has 0 aromatic heterocycles. The summed E-state index contributed by atoms with van der Waals surface area (Å²) in [5.74, 6) is 0.800. The fraction of sp³-hybridized carbons (Fsp3) is 1.00. The maximum atomic E-state index is 9.34. The van der Waals surface area contributed by atoms with Crippen molar-refractivity contribution in [3.05, 3.63) is 0 Å². The summed E-state index contributed by atoms with van der Waals surface area (Å²) in [6, 6.07) is 0. The molecule has 0 bridgehead atoms. The summed E-state index contributed by atoms with van der Waals surface area (Å²) in [6.45, 7) is 5.93. The van der Waals surface area contributed by atoms with Crippen LogP contribution in [-0.4, -0.2) is 23.8 Å². The van der Waals surface area contributed by atoms with Gasteiger partial charge >= 0.3 is 0 Å². The standard InChI is InChI=1S/C13H27NO/c1-3-5-7-12(4-2)10-14-13(11-15)8-6-9-13/h12,14-15H,3-11H2,1-2H3. The Labute approximate surface area is 94.5 Å². The molecule has 0 heterocycles. The Balaban J connectivity index is 2.20. The predicted octanol–water partition coefficient (Wildman–Crippen LogP) is 2.71. The summed E-state index contributed by atoms with van der Waals surface area (Å²) in [4.78, 5) is 0. The number of hydrogen-bond donors (Lipinski definition) is 2. The summed E-state index contributed by atoms with van der Waals surface area (Å²) >= 11 is 0. The van der Waals surface area contributed by atoms with E-state index in [1.54, 1.807) is 0 Å². The molecule has 2 heteroatoms. The molecule has 0 radical (unpaired) electrons. The summed E-state index contributed by atoms with van der Waals surface area (Å²) in [5.41, 5.74) is 0.0969. The van der Waals surface area contributed by atoms with Gasteiger partial charge in [0.2, 0.25) is 0 Å². The van der Waals surface area contributed by atoms with E-state index in [2.05, 4.69) is 19.2 Å². The van der Waals surface area contributed by atoms with Crippen LogP contribution in [0.1, 0.15) is 58.8 Å². The number of aliphatic hydroxyl groups is 1. The van der Waals surface area contributed by atoms with Crippen LogP contribution in [0.4, 0.5) is 0 Å². The molecule has 1 aliphatic rings. The van der Waals surface area contributed by atoms with Crippen molar-refractivity contribution in [3.63, 3.8) is 0 Å². The molecular formula is C13H27NO. The van der Waals surface area contributed by atoms with Gasteiger partial charge < -0.3 is 10.4 Å². The zero-order valence-corrected chi connectivity index (χ0v) is 10.4. The van der Waals surface area contributed by atoms with E-state index < -0.39 is 0 Å². The second-order valence-corrected chi connectivity index (χ2v) is 5.09. The Kier molecular flexibility index (Phi) is 5.62. The second-order valence-electron chi connectivity index (χ2n) is 5.09. The number of aliphatic hydroxyl groups excluding tert-OH is 1. The lowest BCUT2D eigenvalue weighted by atomic mass is 9.77. The molecule has 0 aromatic carbocycles. The first-order chi connectivity index (χ1) is 7.26. The summed E-state index contributed by atoms with van der Waals surface area (Å²) < 4.78 is 0. The number of hydrogen-bond acceptors (Lipinski definition) is 2. The minimum atomic E-state index is 0.0969. The van der Waals surface area contributed by atoms with E-state index in [1.165, 1.54) is 32.1 Å². The lowest BCUT2D eigenvalue weighted by Crippen LogP contribution is -2.55. The Morgan fingerprint density at radius 1 is 1.33 bits per heavy atom. The number of nitrogens with one attached hydrogen (secondary N) is 1. The van der Waals surface area contributed by atoms with Crippen molar-refractivity contribution in [2.45, 2.75) is 64.3 Å². The van der Waals surface area contributed by atoms with Crippen molar-refractivity contribution >= 4 is 0 Å². The lowest BCUT2D eigenvalue weighted by Gasteiger charge is -2.42. The molecular weight excluding hydrogens is 186 g/mol. The van der Waals surface area contributed by atoms with Gasteiger partial charge in [-0.3, -0.25) is 0 Å². The third-order valence-corrected chi connectivity index (χ3v) is 3.92. The van der Waals surface area contributed by atoms with Gasteiger partial charge in [0.15, 0.2) is 0 Å². The average Bonchev–Trinajstić information content (AvgIpc) is 2.21. The summed E-state index contributed by atoms with van der Waals surface area (Å²) in [6.07, 6.45) is 8.82. The molecule has 1 unspecified atom stereocenters. The van der Waals surface area contributed by atoms with Crippen LogP contribution in [0.25, 0.3) is 0 Å². The Bertz CT molecular complexity index is 160. The molecule has 15 heavy (non-hydrogen) atoms. The van der Waals surface area contributed by atoms with Crippen LogP contribution in [-0.2, 0) is 0 Å². The van der Waals surface area contributed by atoms with Gasteiger partial charge in [0.25, 0.3) is 0 Å². The Morgan fingerprint density at radius 3 is 2.47 bits per heavy atom. The number of unbranched alkanes of at least 4 members (excludes halogenated alkanes) is 1. The highest BCUT2D eigenvalue weighted by Gasteiger charge is 2.35. The Hall–Kier alpha value is -0.0800. The summed E-state index contributed by atoms with van der Waals surface area (Å²) in [7, 11) is 0. The largest absolute Gasteiger partial charge is 0.394 e. The van der Waals surface area contributed by atoms with Crippen LogP contribution in [0, 0.1) is 5.92 Å². The molecule has 0 spiro atoms. The molecule has 2 N–H and O–H groups in total. The molecule has 1 atom stereocenters. The third kappa shape index (κ3) is 3.76. The van der Waals surface area contributed by atoms with Gasteiger partial charge in [-0.05, 0) is 38.1 Å². The first-order valence-corrected chi connectivity index (χ1v) is 6.62. The second kappa shape index (κ2) is 6.49. The van der Waals surface area contributed by atoms with E-state index >= 15 is 0 Å². The predicted molar refractivity (Wildman–Crippen MR) is 65.0 cm³/mol. The topological polar surface area (TPSA) is 32.3 Å². The molecule has 0 aromatic rings. The van der Waals surface area contributed by atoms with Crippen molar-refractivity contribution < 1.29 is 5.11 Å². The SMILES string of the molecule is CCCCC(CC)CNC1(CO)CCC1. The fourth-order valence-electron chi connectivity index (χ4n) is 2.30. The van der Waals surface area contributed by atoms with Crippen LogP contribution >= 0.6 is 0 Å². The van der Waals surface area contributed by atoms with Gasteiger partial charge in [-0.25, -0.2) is 0 Å².